The summed E-state index contributed by atoms with van der Waals surface area (Å²) in [5, 5.41) is 0. The minimum atomic E-state index is -0.580. The summed E-state index contributed by atoms with van der Waals surface area (Å²) in [6, 6.07) is 15.2. The van der Waals surface area contributed by atoms with Crippen molar-refractivity contribution < 1.29 is 18.7 Å². The molecule has 0 saturated carbocycles. The maximum absolute atomic E-state index is 13.0. The van der Waals surface area contributed by atoms with Gasteiger partial charge in [-0.1, -0.05) is 42.5 Å². The summed E-state index contributed by atoms with van der Waals surface area (Å²) in [7, 11) is 0. The third kappa shape index (κ3) is 4.92. The van der Waals surface area contributed by atoms with Gasteiger partial charge in [-0.2, -0.15) is 0 Å². The molecule has 0 spiro atoms. The van der Waals surface area contributed by atoms with Gasteiger partial charge in [-0.25, -0.2) is 14.1 Å². The minimum Gasteiger partial charge on any atom is -0.447 e. The molecule has 5 nitrogen and oxygen atoms in total. The lowest BCUT2D eigenvalue weighted by Gasteiger charge is -2.20. The Labute approximate surface area is 157 Å². The molecule has 2 atom stereocenters. The highest BCUT2D eigenvalue weighted by molar-refractivity contribution is 5.93. The molecule has 6 heteroatoms. The van der Waals surface area contributed by atoms with E-state index in [4.69, 9.17) is 10.5 Å². The quantitative estimate of drug-likeness (QED) is 0.808. The second-order valence-corrected chi connectivity index (χ2v) is 6.73. The molecule has 1 aliphatic rings. The number of benzene rings is 2. The lowest BCUT2D eigenvalue weighted by Crippen LogP contribution is -2.40. The second kappa shape index (κ2) is 8.77. The van der Waals surface area contributed by atoms with Crippen LogP contribution in [0.4, 0.5) is 9.18 Å². The van der Waals surface area contributed by atoms with E-state index in [9.17, 15) is 14.0 Å². The predicted octanol–water partition coefficient (Wildman–Crippen LogP) is 3.59. The van der Waals surface area contributed by atoms with E-state index in [0.29, 0.717) is 19.3 Å². The molecule has 2 unspecified atom stereocenters. The first kappa shape index (κ1) is 19.0. The molecule has 2 amide bonds. The number of carbonyl (C=O) groups is 2. The summed E-state index contributed by atoms with van der Waals surface area (Å²) < 4.78 is 18.1. The second-order valence-electron chi connectivity index (χ2n) is 6.73. The van der Waals surface area contributed by atoms with E-state index < -0.39 is 6.09 Å². The summed E-state index contributed by atoms with van der Waals surface area (Å²) in [5.41, 5.74) is 7.98. The Balaban J connectivity index is 1.52. The number of halogens is 1. The van der Waals surface area contributed by atoms with Crippen molar-refractivity contribution in [3.05, 3.63) is 71.5 Å². The number of hydrogen-bond donors (Lipinski definition) is 1. The van der Waals surface area contributed by atoms with Gasteiger partial charge in [-0.05, 0) is 42.5 Å². The number of ether oxygens (including phenoxy) is 1. The van der Waals surface area contributed by atoms with Crippen LogP contribution in [-0.2, 0) is 16.0 Å². The van der Waals surface area contributed by atoms with Crippen LogP contribution in [0.15, 0.2) is 54.6 Å². The van der Waals surface area contributed by atoms with E-state index in [1.807, 2.05) is 30.3 Å². The van der Waals surface area contributed by atoms with Gasteiger partial charge in [0.2, 0.25) is 5.91 Å². The zero-order valence-corrected chi connectivity index (χ0v) is 15.0. The van der Waals surface area contributed by atoms with Crippen molar-refractivity contribution in [2.75, 3.05) is 6.61 Å². The van der Waals surface area contributed by atoms with Gasteiger partial charge in [0.25, 0.3) is 0 Å². The maximum Gasteiger partial charge on any atom is 0.416 e. The lowest BCUT2D eigenvalue weighted by molar-refractivity contribution is -0.129. The van der Waals surface area contributed by atoms with Crippen LogP contribution in [0.25, 0.3) is 0 Å². The fraction of sp³-hybridized carbons (Fsp3) is 0.333. The molecular weight excluding hydrogens is 347 g/mol. The highest BCUT2D eigenvalue weighted by Gasteiger charge is 2.37. The largest absolute Gasteiger partial charge is 0.447 e. The number of rotatable bonds is 7. The number of carbonyl (C=O) groups excluding carboxylic acids is 2. The molecule has 27 heavy (non-hydrogen) atoms. The number of imide groups is 1. The Morgan fingerprint density at radius 1 is 1.19 bits per heavy atom. The maximum atomic E-state index is 13.0. The van der Waals surface area contributed by atoms with Crippen LogP contribution >= 0.6 is 0 Å². The number of nitrogens with zero attached hydrogens (tertiary/aromatic N) is 1. The number of hydrogen-bond acceptors (Lipinski definition) is 4. The number of cyclic esters (lactones) is 1. The van der Waals surface area contributed by atoms with Gasteiger partial charge in [-0.15, -0.1) is 0 Å². The van der Waals surface area contributed by atoms with Crippen molar-refractivity contribution in [1.29, 1.82) is 0 Å². The van der Waals surface area contributed by atoms with Crippen LogP contribution in [0.3, 0.4) is 0 Å². The standard InChI is InChI=1S/C21H23FN2O3/c22-17-11-9-16(10-12-17)19(23)7-4-8-20(25)24-18(14-27-21(24)26)13-15-5-2-1-3-6-15/h1-3,5-6,9-12,18-19H,4,7-8,13-14,23H2. The minimum absolute atomic E-state index is 0.217. The molecule has 1 heterocycles. The van der Waals surface area contributed by atoms with E-state index >= 15 is 0 Å². The molecule has 0 aromatic heterocycles. The van der Waals surface area contributed by atoms with E-state index in [1.54, 1.807) is 12.1 Å². The summed E-state index contributed by atoms with van der Waals surface area (Å²) in [5.74, 6) is -0.553. The van der Waals surface area contributed by atoms with Crippen LogP contribution in [0.2, 0.25) is 0 Å². The average Bonchev–Trinajstić information content (AvgIpc) is 3.03. The molecule has 3 rings (SSSR count). The van der Waals surface area contributed by atoms with E-state index in [1.165, 1.54) is 17.0 Å². The van der Waals surface area contributed by atoms with Crippen LogP contribution in [0, 0.1) is 5.82 Å². The van der Waals surface area contributed by atoms with Crippen molar-refractivity contribution in [2.24, 2.45) is 5.73 Å². The molecule has 0 aliphatic carbocycles. The topological polar surface area (TPSA) is 72.6 Å². The third-order valence-electron chi connectivity index (χ3n) is 4.75. The Morgan fingerprint density at radius 3 is 2.59 bits per heavy atom. The normalized spacial score (nSPS) is 17.6. The first-order chi connectivity index (χ1) is 13.0. The SMILES string of the molecule is NC(CCCC(=O)N1C(=O)OCC1Cc1ccccc1)c1ccc(F)cc1. The zero-order valence-electron chi connectivity index (χ0n) is 15.0. The van der Waals surface area contributed by atoms with Crippen molar-refractivity contribution >= 4 is 12.0 Å². The van der Waals surface area contributed by atoms with Gasteiger partial charge in [-0.3, -0.25) is 4.79 Å². The van der Waals surface area contributed by atoms with Crippen LogP contribution in [0.5, 0.6) is 0 Å². The first-order valence-corrected chi connectivity index (χ1v) is 9.08. The van der Waals surface area contributed by atoms with Crippen molar-refractivity contribution in [3.63, 3.8) is 0 Å². The Kier molecular flexibility index (Phi) is 6.19. The van der Waals surface area contributed by atoms with Crippen molar-refractivity contribution in [1.82, 2.24) is 4.90 Å². The molecule has 142 valence electrons. The van der Waals surface area contributed by atoms with Gasteiger partial charge in [0, 0.05) is 12.5 Å². The third-order valence-corrected chi connectivity index (χ3v) is 4.75. The predicted molar refractivity (Wildman–Crippen MR) is 99.3 cm³/mol. The Hall–Kier alpha value is -2.73. The zero-order chi connectivity index (χ0) is 19.2. The molecular formula is C21H23FN2O3. The average molecular weight is 370 g/mol. The Bertz CT molecular complexity index is 780. The summed E-state index contributed by atoms with van der Waals surface area (Å²) in [6.07, 6.45) is 1.33. The van der Waals surface area contributed by atoms with E-state index in [2.05, 4.69) is 0 Å². The van der Waals surface area contributed by atoms with Crippen molar-refractivity contribution in [3.8, 4) is 0 Å². The van der Waals surface area contributed by atoms with Crippen LogP contribution < -0.4 is 5.73 Å². The smallest absolute Gasteiger partial charge is 0.416 e. The number of amides is 2. The van der Waals surface area contributed by atoms with E-state index in [0.717, 1.165) is 11.1 Å². The van der Waals surface area contributed by atoms with Crippen molar-refractivity contribution in [2.45, 2.75) is 37.8 Å². The fourth-order valence-electron chi connectivity index (χ4n) is 3.27. The molecule has 2 aromatic rings. The highest BCUT2D eigenvalue weighted by Crippen LogP contribution is 2.21. The monoisotopic (exact) mass is 370 g/mol. The summed E-state index contributed by atoms with van der Waals surface area (Å²) >= 11 is 0. The molecule has 1 fully saturated rings. The molecule has 2 N–H and O–H groups in total. The van der Waals surface area contributed by atoms with Crippen LogP contribution in [0.1, 0.15) is 36.4 Å². The fourth-order valence-corrected chi connectivity index (χ4v) is 3.27. The van der Waals surface area contributed by atoms with Gasteiger partial charge in [0.15, 0.2) is 0 Å². The van der Waals surface area contributed by atoms with Gasteiger partial charge in [0.05, 0.1) is 6.04 Å². The molecule has 1 aliphatic heterocycles. The Morgan fingerprint density at radius 2 is 1.89 bits per heavy atom. The van der Waals surface area contributed by atoms with Gasteiger partial charge >= 0.3 is 6.09 Å². The van der Waals surface area contributed by atoms with Gasteiger partial charge < -0.3 is 10.5 Å². The highest BCUT2D eigenvalue weighted by atomic mass is 19.1. The van der Waals surface area contributed by atoms with Gasteiger partial charge in [0.1, 0.15) is 12.4 Å². The first-order valence-electron chi connectivity index (χ1n) is 9.08. The lowest BCUT2D eigenvalue weighted by atomic mass is 10.0. The molecule has 0 bridgehead atoms. The molecule has 0 radical (unpaired) electrons. The number of nitrogens with two attached hydrogens (primary N) is 1. The summed E-state index contributed by atoms with van der Waals surface area (Å²) in [4.78, 5) is 25.8. The van der Waals surface area contributed by atoms with Crippen LogP contribution in [-0.4, -0.2) is 29.5 Å². The summed E-state index contributed by atoms with van der Waals surface area (Å²) in [6.45, 7) is 0.217. The molecule has 2 aromatic carbocycles. The van der Waals surface area contributed by atoms with E-state index in [-0.39, 0.29) is 36.8 Å². The molecule has 1 saturated heterocycles.